The Hall–Kier alpha value is -3.42. The minimum atomic E-state index is -0.0692. The van der Waals surface area contributed by atoms with Gasteiger partial charge in [-0.3, -0.25) is 4.57 Å². The summed E-state index contributed by atoms with van der Waals surface area (Å²) in [7, 11) is 0. The number of nitrogens with one attached hydrogen (secondary N) is 1. The lowest BCUT2D eigenvalue weighted by molar-refractivity contribution is 0.208. The van der Waals surface area contributed by atoms with Crippen molar-refractivity contribution in [2.45, 2.75) is 6.92 Å². The maximum atomic E-state index is 12.5. The van der Waals surface area contributed by atoms with Gasteiger partial charge in [-0.15, -0.1) is 0 Å². The van der Waals surface area contributed by atoms with Gasteiger partial charge in [-0.05, 0) is 19.1 Å². The molecular formula is C19H21N7O. The molecule has 1 aliphatic rings. The van der Waals surface area contributed by atoms with Gasteiger partial charge in [0, 0.05) is 50.3 Å². The molecule has 138 valence electrons. The molecule has 0 spiro atoms. The molecule has 4 rings (SSSR count). The van der Waals surface area contributed by atoms with Crippen molar-refractivity contribution < 1.29 is 4.79 Å². The van der Waals surface area contributed by atoms with Gasteiger partial charge in [0.05, 0.1) is 0 Å². The maximum absolute atomic E-state index is 12.5. The minimum Gasteiger partial charge on any atom is -0.353 e. The monoisotopic (exact) mass is 363 g/mol. The molecule has 1 aliphatic heterocycles. The van der Waals surface area contributed by atoms with E-state index in [4.69, 9.17) is 0 Å². The first-order valence-electron chi connectivity index (χ1n) is 8.87. The Balaban J connectivity index is 1.37. The Bertz CT molecular complexity index is 900. The molecule has 0 unspecified atom stereocenters. The summed E-state index contributed by atoms with van der Waals surface area (Å²) in [5, 5.41) is 2.95. The number of hydrogen-bond donors (Lipinski definition) is 1. The molecular weight excluding hydrogens is 342 g/mol. The molecule has 1 aromatic carbocycles. The normalized spacial score (nSPS) is 14.3. The number of carbonyl (C=O) groups is 1. The van der Waals surface area contributed by atoms with Crippen molar-refractivity contribution in [3.63, 3.8) is 0 Å². The first-order valence-corrected chi connectivity index (χ1v) is 8.87. The summed E-state index contributed by atoms with van der Waals surface area (Å²) in [5.74, 6) is 1.63. The van der Waals surface area contributed by atoms with Gasteiger partial charge < -0.3 is 15.1 Å². The number of aromatic nitrogens is 4. The molecule has 0 radical (unpaired) electrons. The fourth-order valence-electron chi connectivity index (χ4n) is 3.02. The predicted octanol–water partition coefficient (Wildman–Crippen LogP) is 2.32. The first kappa shape index (κ1) is 17.0. The number of nitrogens with zero attached hydrogens (tertiary/aromatic N) is 6. The van der Waals surface area contributed by atoms with Gasteiger partial charge >= 0.3 is 6.03 Å². The van der Waals surface area contributed by atoms with E-state index in [1.165, 1.54) is 5.56 Å². The summed E-state index contributed by atoms with van der Waals surface area (Å²) in [6, 6.07) is 9.68. The van der Waals surface area contributed by atoms with Crippen LogP contribution in [0, 0.1) is 6.92 Å². The number of aryl methyl sites for hydroxylation is 1. The summed E-state index contributed by atoms with van der Waals surface area (Å²) < 4.78 is 1.84. The van der Waals surface area contributed by atoms with E-state index in [1.54, 1.807) is 18.9 Å². The highest BCUT2D eigenvalue weighted by molar-refractivity contribution is 5.89. The smallest absolute Gasteiger partial charge is 0.321 e. The molecule has 3 heterocycles. The van der Waals surface area contributed by atoms with Crippen LogP contribution in [-0.2, 0) is 0 Å². The van der Waals surface area contributed by atoms with E-state index >= 15 is 0 Å². The topological polar surface area (TPSA) is 79.2 Å². The Morgan fingerprint density at radius 1 is 1.04 bits per heavy atom. The molecule has 0 atom stereocenters. The fraction of sp³-hybridized carbons (Fsp3) is 0.263. The van der Waals surface area contributed by atoms with Crippen LogP contribution in [0.2, 0.25) is 0 Å². The molecule has 27 heavy (non-hydrogen) atoms. The van der Waals surface area contributed by atoms with Crippen molar-refractivity contribution >= 4 is 17.5 Å². The summed E-state index contributed by atoms with van der Waals surface area (Å²) in [6.07, 6.45) is 6.83. The van der Waals surface area contributed by atoms with Gasteiger partial charge in [-0.1, -0.05) is 17.7 Å². The van der Waals surface area contributed by atoms with Crippen LogP contribution in [0.1, 0.15) is 5.56 Å². The molecule has 3 aromatic rings. The zero-order valence-electron chi connectivity index (χ0n) is 15.1. The SMILES string of the molecule is Cc1ccc(NC(=O)N2CCN(c3cc(-n4ccnc4)ncn3)CC2)cc1. The van der Waals surface area contributed by atoms with Crippen LogP contribution in [-0.4, -0.2) is 56.6 Å². The molecule has 1 fully saturated rings. The number of benzene rings is 1. The number of imidazole rings is 1. The molecule has 0 aliphatic carbocycles. The third kappa shape index (κ3) is 3.89. The fourth-order valence-corrected chi connectivity index (χ4v) is 3.02. The second kappa shape index (κ2) is 7.45. The summed E-state index contributed by atoms with van der Waals surface area (Å²) >= 11 is 0. The Labute approximate surface area is 157 Å². The lowest BCUT2D eigenvalue weighted by atomic mass is 10.2. The number of hydrogen-bond acceptors (Lipinski definition) is 5. The van der Waals surface area contributed by atoms with Crippen LogP contribution in [0.15, 0.2) is 55.4 Å². The molecule has 8 heteroatoms. The summed E-state index contributed by atoms with van der Waals surface area (Å²) in [5.41, 5.74) is 1.98. The van der Waals surface area contributed by atoms with Crippen molar-refractivity contribution in [2.75, 3.05) is 36.4 Å². The predicted molar refractivity (Wildman–Crippen MR) is 103 cm³/mol. The van der Waals surface area contributed by atoms with Crippen LogP contribution in [0.5, 0.6) is 0 Å². The number of piperazine rings is 1. The average Bonchev–Trinajstić information content (AvgIpc) is 3.25. The standard InChI is InChI=1S/C19H21N7O/c1-15-2-4-16(5-3-15)23-19(27)25-10-8-24(9-11-25)17-12-18(22-13-21-17)26-7-6-20-14-26/h2-7,12-14H,8-11H2,1H3,(H,23,27). The van der Waals surface area contributed by atoms with Crippen LogP contribution in [0.3, 0.4) is 0 Å². The van der Waals surface area contributed by atoms with Crippen LogP contribution in [0.25, 0.3) is 5.82 Å². The summed E-state index contributed by atoms with van der Waals surface area (Å²) in [4.78, 5) is 29.2. The molecule has 2 amide bonds. The number of urea groups is 1. The van der Waals surface area contributed by atoms with E-state index in [2.05, 4.69) is 25.2 Å². The van der Waals surface area contributed by atoms with Crippen LogP contribution < -0.4 is 10.2 Å². The lowest BCUT2D eigenvalue weighted by Crippen LogP contribution is -2.50. The van der Waals surface area contributed by atoms with Crippen molar-refractivity contribution in [1.82, 2.24) is 24.4 Å². The van der Waals surface area contributed by atoms with E-state index in [0.717, 1.165) is 30.4 Å². The Morgan fingerprint density at radius 2 is 1.78 bits per heavy atom. The number of amides is 2. The quantitative estimate of drug-likeness (QED) is 0.773. The van der Waals surface area contributed by atoms with Crippen LogP contribution >= 0.6 is 0 Å². The van der Waals surface area contributed by atoms with E-state index in [0.29, 0.717) is 13.1 Å². The van der Waals surface area contributed by atoms with E-state index < -0.39 is 0 Å². The second-order valence-electron chi connectivity index (χ2n) is 6.47. The largest absolute Gasteiger partial charge is 0.353 e. The molecule has 0 saturated carbocycles. The Kier molecular flexibility index (Phi) is 4.69. The van der Waals surface area contributed by atoms with E-state index in [9.17, 15) is 4.79 Å². The third-order valence-corrected chi connectivity index (χ3v) is 4.60. The van der Waals surface area contributed by atoms with Crippen molar-refractivity contribution in [3.05, 3.63) is 60.9 Å². The Morgan fingerprint density at radius 3 is 2.48 bits per heavy atom. The van der Waals surface area contributed by atoms with Gasteiger partial charge in [0.2, 0.25) is 0 Å². The first-order chi connectivity index (χ1) is 13.2. The van der Waals surface area contributed by atoms with Gasteiger partial charge in [-0.25, -0.2) is 19.7 Å². The van der Waals surface area contributed by atoms with Crippen molar-refractivity contribution in [2.24, 2.45) is 0 Å². The van der Waals surface area contributed by atoms with E-state index in [1.807, 2.05) is 52.9 Å². The second-order valence-corrected chi connectivity index (χ2v) is 6.47. The molecule has 2 aromatic heterocycles. The zero-order chi connectivity index (χ0) is 18.6. The van der Waals surface area contributed by atoms with E-state index in [-0.39, 0.29) is 6.03 Å². The van der Waals surface area contributed by atoms with Gasteiger partial charge in [0.1, 0.15) is 24.3 Å². The number of carbonyl (C=O) groups excluding carboxylic acids is 1. The van der Waals surface area contributed by atoms with Crippen LogP contribution in [0.4, 0.5) is 16.3 Å². The highest BCUT2D eigenvalue weighted by Gasteiger charge is 2.22. The van der Waals surface area contributed by atoms with Gasteiger partial charge in [0.25, 0.3) is 0 Å². The molecule has 1 saturated heterocycles. The number of rotatable bonds is 3. The highest BCUT2D eigenvalue weighted by Crippen LogP contribution is 2.17. The number of anilines is 2. The minimum absolute atomic E-state index is 0.0692. The maximum Gasteiger partial charge on any atom is 0.321 e. The highest BCUT2D eigenvalue weighted by atomic mass is 16.2. The van der Waals surface area contributed by atoms with Gasteiger partial charge in [-0.2, -0.15) is 0 Å². The summed E-state index contributed by atoms with van der Waals surface area (Å²) in [6.45, 7) is 4.75. The zero-order valence-corrected chi connectivity index (χ0v) is 15.1. The molecule has 1 N–H and O–H groups in total. The van der Waals surface area contributed by atoms with Crippen molar-refractivity contribution in [3.8, 4) is 5.82 Å². The van der Waals surface area contributed by atoms with Crippen molar-refractivity contribution in [1.29, 1.82) is 0 Å². The molecule has 0 bridgehead atoms. The third-order valence-electron chi connectivity index (χ3n) is 4.60. The van der Waals surface area contributed by atoms with Gasteiger partial charge in [0.15, 0.2) is 0 Å². The lowest BCUT2D eigenvalue weighted by Gasteiger charge is -2.35. The molecule has 8 nitrogen and oxygen atoms in total. The average molecular weight is 363 g/mol.